The first-order valence-corrected chi connectivity index (χ1v) is 13.6. The number of non-ortho nitro benzene ring substituents is 2. The second-order valence-corrected chi connectivity index (χ2v) is 10.8. The first-order valence-electron chi connectivity index (χ1n) is 11.8. The molecule has 0 saturated carbocycles. The number of imide groups is 1. The topological polar surface area (TPSA) is 234 Å². The minimum absolute atomic E-state index is 0.217. The molecule has 2 aromatic carbocycles. The molecule has 17 nitrogen and oxygen atoms in total. The number of likely N-dealkylation sites (tertiary alicyclic amines) is 1. The standard InChI is InChI=1S/C24H20N4O13S/c1-12(29)19(24(33)40-10-13-3-5-14(6-4-13)27(34)35)25-18(11-41-42(2,38)39)20(23(25)32)26-21(30)16-8-7-15(28(36)37)9-17(16)22(26)31/h3-9,18,20,29H,10-11H2,1-2H3/b19-12+/t18-,20+/m1/s1. The lowest BCUT2D eigenvalue weighted by Gasteiger charge is -2.49. The van der Waals surface area contributed by atoms with E-state index in [-0.39, 0.29) is 16.8 Å². The number of hydrogen-bond donors (Lipinski definition) is 1. The summed E-state index contributed by atoms with van der Waals surface area (Å²) in [5.74, 6) is -5.16. The van der Waals surface area contributed by atoms with E-state index < -0.39 is 86.1 Å². The number of amides is 3. The summed E-state index contributed by atoms with van der Waals surface area (Å²) >= 11 is 0. The van der Waals surface area contributed by atoms with Crippen molar-refractivity contribution in [1.29, 1.82) is 0 Å². The zero-order valence-corrected chi connectivity index (χ0v) is 22.5. The Balaban J connectivity index is 1.62. The Morgan fingerprint density at radius 2 is 1.55 bits per heavy atom. The molecular formula is C24H20N4O13S. The number of rotatable bonds is 10. The van der Waals surface area contributed by atoms with E-state index in [4.69, 9.17) is 8.92 Å². The summed E-state index contributed by atoms with van der Waals surface area (Å²) < 4.78 is 33.4. The van der Waals surface area contributed by atoms with Crippen LogP contribution in [-0.2, 0) is 35.2 Å². The number of aliphatic hydroxyl groups excluding tert-OH is 1. The lowest BCUT2D eigenvalue weighted by atomic mass is 9.92. The predicted molar refractivity (Wildman–Crippen MR) is 137 cm³/mol. The molecule has 0 unspecified atom stereocenters. The SMILES string of the molecule is C/C(O)=C(/C(=O)OCc1ccc([N+](=O)[O-])cc1)N1C(=O)[C@@H](N2C(=O)c3ccc([N+](=O)[O-])cc3C2=O)[C@H]1COS(C)(=O)=O. The van der Waals surface area contributed by atoms with Gasteiger partial charge in [-0.2, -0.15) is 8.42 Å². The van der Waals surface area contributed by atoms with Crippen molar-refractivity contribution in [2.45, 2.75) is 25.6 Å². The van der Waals surface area contributed by atoms with Gasteiger partial charge in [-0.25, -0.2) is 4.79 Å². The van der Waals surface area contributed by atoms with Crippen LogP contribution in [0.2, 0.25) is 0 Å². The highest BCUT2D eigenvalue weighted by atomic mass is 32.2. The molecule has 2 aliphatic heterocycles. The maximum atomic E-state index is 13.4. The van der Waals surface area contributed by atoms with Gasteiger partial charge in [-0.1, -0.05) is 0 Å². The Morgan fingerprint density at radius 1 is 0.976 bits per heavy atom. The Bertz CT molecular complexity index is 1680. The van der Waals surface area contributed by atoms with Crippen molar-refractivity contribution in [3.05, 3.63) is 90.8 Å². The van der Waals surface area contributed by atoms with Crippen LogP contribution in [0.4, 0.5) is 11.4 Å². The van der Waals surface area contributed by atoms with Gasteiger partial charge in [0, 0.05) is 24.3 Å². The number of carbonyl (C=O) groups excluding carboxylic acids is 4. The zero-order valence-electron chi connectivity index (χ0n) is 21.7. The van der Waals surface area contributed by atoms with Crippen molar-refractivity contribution in [1.82, 2.24) is 9.80 Å². The third kappa shape index (κ3) is 5.52. The zero-order chi connectivity index (χ0) is 31.1. The molecule has 2 aliphatic rings. The number of nitro groups is 2. The van der Waals surface area contributed by atoms with E-state index in [9.17, 15) is 52.9 Å². The summed E-state index contributed by atoms with van der Waals surface area (Å²) in [5.41, 5.74) is -1.74. The monoisotopic (exact) mass is 604 g/mol. The van der Waals surface area contributed by atoms with Crippen LogP contribution in [0.5, 0.6) is 0 Å². The summed E-state index contributed by atoms with van der Waals surface area (Å²) in [4.78, 5) is 74.3. The van der Waals surface area contributed by atoms with Gasteiger partial charge in [0.1, 0.15) is 18.4 Å². The van der Waals surface area contributed by atoms with Crippen LogP contribution in [0.3, 0.4) is 0 Å². The smallest absolute Gasteiger partial charge is 0.358 e. The van der Waals surface area contributed by atoms with E-state index in [0.29, 0.717) is 21.6 Å². The third-order valence-corrected chi connectivity index (χ3v) is 6.89. The highest BCUT2D eigenvalue weighted by Gasteiger charge is 2.59. The summed E-state index contributed by atoms with van der Waals surface area (Å²) in [7, 11) is -4.15. The third-order valence-electron chi connectivity index (χ3n) is 6.32. The molecule has 0 bridgehead atoms. The van der Waals surface area contributed by atoms with Crippen molar-refractivity contribution >= 4 is 45.2 Å². The molecule has 4 rings (SSSR count). The number of esters is 1. The minimum atomic E-state index is -4.15. The van der Waals surface area contributed by atoms with Gasteiger partial charge in [-0.15, -0.1) is 0 Å². The van der Waals surface area contributed by atoms with Gasteiger partial charge in [0.15, 0.2) is 5.70 Å². The van der Waals surface area contributed by atoms with Gasteiger partial charge in [0.25, 0.3) is 39.2 Å². The highest BCUT2D eigenvalue weighted by molar-refractivity contribution is 7.85. The molecule has 2 heterocycles. The molecule has 2 aromatic rings. The Morgan fingerprint density at radius 3 is 2.10 bits per heavy atom. The van der Waals surface area contributed by atoms with E-state index >= 15 is 0 Å². The van der Waals surface area contributed by atoms with Crippen LogP contribution in [0.15, 0.2) is 53.9 Å². The molecule has 2 atom stereocenters. The number of benzene rings is 2. The number of nitro benzene ring substituents is 2. The van der Waals surface area contributed by atoms with E-state index in [1.54, 1.807) is 0 Å². The van der Waals surface area contributed by atoms with E-state index in [1.807, 2.05) is 0 Å². The molecule has 18 heteroatoms. The second-order valence-electron chi connectivity index (χ2n) is 9.11. The average molecular weight is 605 g/mol. The van der Waals surface area contributed by atoms with Crippen molar-refractivity contribution in [2.24, 2.45) is 0 Å². The summed E-state index contributed by atoms with van der Waals surface area (Å²) in [6, 6.07) is 4.60. The fourth-order valence-electron chi connectivity index (χ4n) is 4.41. The second kappa shape index (κ2) is 11.0. The molecular weight excluding hydrogens is 584 g/mol. The molecule has 1 saturated heterocycles. The summed E-state index contributed by atoms with van der Waals surface area (Å²) in [6.45, 7) is -0.269. The van der Waals surface area contributed by atoms with Gasteiger partial charge in [0.2, 0.25) is 0 Å². The number of β-lactam (4-membered cyclic amide) rings is 1. The molecule has 0 spiro atoms. The Labute approximate surface area is 235 Å². The maximum absolute atomic E-state index is 13.4. The number of hydrogen-bond acceptors (Lipinski definition) is 13. The number of nitrogens with zero attached hydrogens (tertiary/aromatic N) is 4. The van der Waals surface area contributed by atoms with Gasteiger partial charge >= 0.3 is 5.97 Å². The van der Waals surface area contributed by atoms with Crippen molar-refractivity contribution in [2.75, 3.05) is 12.9 Å². The number of fused-ring (bicyclic) bond motifs is 1. The van der Waals surface area contributed by atoms with Gasteiger partial charge in [-0.3, -0.25) is 48.6 Å². The first-order chi connectivity index (χ1) is 19.6. The van der Waals surface area contributed by atoms with Crippen LogP contribution < -0.4 is 0 Å². The number of aliphatic hydroxyl groups is 1. The normalized spacial score (nSPS) is 18.8. The first kappa shape index (κ1) is 29.7. The van der Waals surface area contributed by atoms with Crippen LogP contribution in [0.1, 0.15) is 33.2 Å². The fraction of sp³-hybridized carbons (Fsp3) is 0.250. The predicted octanol–water partition coefficient (Wildman–Crippen LogP) is 1.19. The quantitative estimate of drug-likeness (QED) is 0.0587. The lowest BCUT2D eigenvalue weighted by molar-refractivity contribution is -0.385. The van der Waals surface area contributed by atoms with Gasteiger partial charge in [-0.05, 0) is 30.7 Å². The van der Waals surface area contributed by atoms with Crippen LogP contribution >= 0.6 is 0 Å². The molecule has 0 aromatic heterocycles. The number of ether oxygens (including phenoxy) is 1. The van der Waals surface area contributed by atoms with Crippen LogP contribution in [0, 0.1) is 20.2 Å². The van der Waals surface area contributed by atoms with Crippen molar-refractivity contribution in [3.8, 4) is 0 Å². The van der Waals surface area contributed by atoms with E-state index in [1.165, 1.54) is 12.1 Å². The van der Waals surface area contributed by atoms with Gasteiger partial charge < -0.3 is 9.84 Å². The highest BCUT2D eigenvalue weighted by Crippen LogP contribution is 2.37. The molecule has 1 N–H and O–H groups in total. The molecule has 220 valence electrons. The van der Waals surface area contributed by atoms with Crippen LogP contribution in [0.25, 0.3) is 0 Å². The lowest BCUT2D eigenvalue weighted by Crippen LogP contribution is -2.73. The maximum Gasteiger partial charge on any atom is 0.358 e. The molecule has 0 radical (unpaired) electrons. The number of carbonyl (C=O) groups is 4. The van der Waals surface area contributed by atoms with Crippen molar-refractivity contribution < 1.29 is 51.5 Å². The van der Waals surface area contributed by atoms with E-state index in [0.717, 1.165) is 37.3 Å². The van der Waals surface area contributed by atoms with Gasteiger partial charge in [0.05, 0.1) is 39.9 Å². The van der Waals surface area contributed by atoms with Crippen molar-refractivity contribution in [3.63, 3.8) is 0 Å². The summed E-state index contributed by atoms with van der Waals surface area (Å²) in [6.07, 6.45) is 0.695. The molecule has 42 heavy (non-hydrogen) atoms. The largest absolute Gasteiger partial charge is 0.510 e. The molecule has 3 amide bonds. The minimum Gasteiger partial charge on any atom is -0.510 e. The Kier molecular flexibility index (Phi) is 7.77. The molecule has 1 fully saturated rings. The molecule has 0 aliphatic carbocycles. The fourth-order valence-corrected chi connectivity index (χ4v) is 4.80. The number of allylic oxidation sites excluding steroid dienone is 1. The Hall–Kier alpha value is -5.23. The average Bonchev–Trinajstić information content (AvgIpc) is 3.16. The van der Waals surface area contributed by atoms with E-state index in [2.05, 4.69) is 0 Å². The summed E-state index contributed by atoms with van der Waals surface area (Å²) in [5, 5.41) is 32.3. The van der Waals surface area contributed by atoms with Crippen LogP contribution in [-0.4, -0.2) is 81.8 Å².